The summed E-state index contributed by atoms with van der Waals surface area (Å²) >= 11 is 5.53. The van der Waals surface area contributed by atoms with Gasteiger partial charge < -0.3 is 10.6 Å². The molecule has 11 heteroatoms. The number of nitrogens with zero attached hydrogens (tertiary/aromatic N) is 3. The molecule has 1 fully saturated rings. The van der Waals surface area contributed by atoms with E-state index in [0.29, 0.717) is 0 Å². The minimum absolute atomic E-state index is 0.143. The summed E-state index contributed by atoms with van der Waals surface area (Å²) in [5.74, 6) is -3.25. The van der Waals surface area contributed by atoms with Gasteiger partial charge in [0.25, 0.3) is 5.92 Å². The van der Waals surface area contributed by atoms with E-state index in [2.05, 4.69) is 20.3 Å². The minimum atomic E-state index is -4.44. The fraction of sp³-hybridized carbons (Fsp3) is 0.667. The van der Waals surface area contributed by atoms with E-state index in [1.165, 1.54) is 0 Å². The van der Waals surface area contributed by atoms with Gasteiger partial charge in [0.1, 0.15) is 6.54 Å². The van der Waals surface area contributed by atoms with Gasteiger partial charge in [0.15, 0.2) is 0 Å². The predicted molar refractivity (Wildman–Crippen MR) is 61.0 cm³/mol. The summed E-state index contributed by atoms with van der Waals surface area (Å²) in [5, 5.41) is 4.16. The topological polar surface area (TPSA) is 62.7 Å². The van der Waals surface area contributed by atoms with E-state index in [1.54, 1.807) is 0 Å². The number of aromatic nitrogens is 3. The van der Waals surface area contributed by atoms with E-state index in [0.717, 1.165) is 0 Å². The summed E-state index contributed by atoms with van der Waals surface area (Å²) in [6, 6.07) is -0.543. The summed E-state index contributed by atoms with van der Waals surface area (Å²) in [4.78, 5) is 10.7. The van der Waals surface area contributed by atoms with E-state index >= 15 is 0 Å². The van der Waals surface area contributed by atoms with Gasteiger partial charge in [-0.2, -0.15) is 28.1 Å². The van der Waals surface area contributed by atoms with Crippen LogP contribution in [0.5, 0.6) is 0 Å². The van der Waals surface area contributed by atoms with Crippen LogP contribution in [0.3, 0.4) is 0 Å². The molecule has 1 aromatic rings. The first-order chi connectivity index (χ1) is 9.13. The third-order valence-electron chi connectivity index (χ3n) is 2.48. The number of anilines is 2. The molecule has 0 atom stereocenters. The van der Waals surface area contributed by atoms with Crippen molar-refractivity contribution < 1.29 is 22.0 Å². The maximum absolute atomic E-state index is 12.6. The molecule has 0 saturated heterocycles. The normalized spacial score (nSPS) is 18.5. The van der Waals surface area contributed by atoms with Crippen molar-refractivity contribution in [3.05, 3.63) is 5.28 Å². The molecule has 0 radical (unpaired) electrons. The Kier molecular flexibility index (Phi) is 3.85. The summed E-state index contributed by atoms with van der Waals surface area (Å²) in [5.41, 5.74) is 0. The number of rotatable bonds is 4. The van der Waals surface area contributed by atoms with Gasteiger partial charge in [0.2, 0.25) is 17.2 Å². The third-order valence-corrected chi connectivity index (χ3v) is 2.65. The molecular weight excluding hydrogens is 309 g/mol. The summed E-state index contributed by atoms with van der Waals surface area (Å²) in [6.45, 7) is -1.34. The highest BCUT2D eigenvalue weighted by Crippen LogP contribution is 2.38. The molecule has 1 aromatic heterocycles. The summed E-state index contributed by atoms with van der Waals surface area (Å²) < 4.78 is 61.4. The number of hydrogen-bond donors (Lipinski definition) is 2. The van der Waals surface area contributed by atoms with Crippen molar-refractivity contribution in [3.63, 3.8) is 0 Å². The average Bonchev–Trinajstić information content (AvgIpc) is 2.22. The maximum Gasteiger partial charge on any atom is 0.405 e. The Hall–Kier alpha value is -1.45. The molecule has 1 saturated carbocycles. The standard InChI is InChI=1S/C9H9ClF5N5/c10-5-18-6(16-3-9(13,14)15)20-7(19-5)17-4-1-8(11,12)2-4/h4H,1-3H2,(H2,16,17,18,19,20). The predicted octanol–water partition coefficient (Wildman–Crippen LogP) is 2.71. The molecule has 2 rings (SSSR count). The molecule has 1 aliphatic rings. The summed E-state index contributed by atoms with van der Waals surface area (Å²) in [6.07, 6.45) is -5.22. The zero-order valence-electron chi connectivity index (χ0n) is 9.81. The van der Waals surface area contributed by atoms with Crippen LogP contribution in [0.15, 0.2) is 0 Å². The lowest BCUT2D eigenvalue weighted by atomic mass is 9.88. The molecule has 2 N–H and O–H groups in total. The smallest absolute Gasteiger partial charge is 0.351 e. The highest BCUT2D eigenvalue weighted by Gasteiger charge is 2.45. The second kappa shape index (κ2) is 5.15. The molecule has 1 aliphatic carbocycles. The van der Waals surface area contributed by atoms with Gasteiger partial charge in [-0.3, -0.25) is 0 Å². The van der Waals surface area contributed by atoms with Crippen LogP contribution in [0.2, 0.25) is 5.28 Å². The number of halogens is 6. The van der Waals surface area contributed by atoms with Crippen LogP contribution in [-0.4, -0.2) is 39.6 Å². The quantitative estimate of drug-likeness (QED) is 0.836. The monoisotopic (exact) mass is 317 g/mol. The van der Waals surface area contributed by atoms with Crippen LogP contribution in [0.25, 0.3) is 0 Å². The van der Waals surface area contributed by atoms with E-state index in [1.807, 2.05) is 5.32 Å². The highest BCUT2D eigenvalue weighted by atomic mass is 35.5. The van der Waals surface area contributed by atoms with Crippen molar-refractivity contribution in [3.8, 4) is 0 Å². The largest absolute Gasteiger partial charge is 0.405 e. The second-order valence-corrected chi connectivity index (χ2v) is 4.66. The van der Waals surface area contributed by atoms with Crippen LogP contribution in [0.1, 0.15) is 12.8 Å². The lowest BCUT2D eigenvalue weighted by Crippen LogP contribution is -2.44. The van der Waals surface area contributed by atoms with Gasteiger partial charge in [-0.1, -0.05) is 0 Å². The molecule has 0 bridgehead atoms. The molecule has 0 aliphatic heterocycles. The molecule has 1 heterocycles. The van der Waals surface area contributed by atoms with Crippen LogP contribution >= 0.6 is 11.6 Å². The van der Waals surface area contributed by atoms with Gasteiger partial charge in [0.05, 0.1) is 0 Å². The van der Waals surface area contributed by atoms with Gasteiger partial charge >= 0.3 is 6.18 Å². The zero-order chi connectivity index (χ0) is 15.0. The first-order valence-corrected chi connectivity index (χ1v) is 5.87. The molecule has 0 amide bonds. The lowest BCUT2D eigenvalue weighted by Gasteiger charge is -2.35. The van der Waals surface area contributed by atoms with Gasteiger partial charge in [-0.05, 0) is 11.6 Å². The van der Waals surface area contributed by atoms with E-state index in [9.17, 15) is 22.0 Å². The van der Waals surface area contributed by atoms with Crippen molar-refractivity contribution in [2.75, 3.05) is 17.2 Å². The Morgan fingerprint density at radius 1 is 1.15 bits per heavy atom. The van der Waals surface area contributed by atoms with E-state index in [-0.39, 0.29) is 30.0 Å². The van der Waals surface area contributed by atoms with Gasteiger partial charge in [-0.15, -0.1) is 0 Å². The summed E-state index contributed by atoms with van der Waals surface area (Å²) in [7, 11) is 0. The second-order valence-electron chi connectivity index (χ2n) is 4.33. The molecule has 20 heavy (non-hydrogen) atoms. The minimum Gasteiger partial charge on any atom is -0.351 e. The van der Waals surface area contributed by atoms with E-state index in [4.69, 9.17) is 11.6 Å². The van der Waals surface area contributed by atoms with Crippen LogP contribution in [0, 0.1) is 0 Å². The zero-order valence-corrected chi connectivity index (χ0v) is 10.6. The van der Waals surface area contributed by atoms with Crippen molar-refractivity contribution in [2.24, 2.45) is 0 Å². The Morgan fingerprint density at radius 3 is 2.30 bits per heavy atom. The van der Waals surface area contributed by atoms with Crippen molar-refractivity contribution >= 4 is 23.5 Å². The molecule has 112 valence electrons. The Morgan fingerprint density at radius 2 is 1.75 bits per heavy atom. The molecule has 0 aromatic carbocycles. The Labute approximate surface area is 115 Å². The number of hydrogen-bond acceptors (Lipinski definition) is 5. The van der Waals surface area contributed by atoms with Crippen molar-refractivity contribution in [1.82, 2.24) is 15.0 Å². The molecule has 5 nitrogen and oxygen atoms in total. The SMILES string of the molecule is FC(F)(F)CNc1nc(Cl)nc(NC2CC(F)(F)C2)n1. The first-order valence-electron chi connectivity index (χ1n) is 5.49. The molecule has 0 unspecified atom stereocenters. The molecular formula is C9H9ClF5N5. The first kappa shape index (κ1) is 14.9. The third kappa shape index (κ3) is 4.29. The maximum atomic E-state index is 12.6. The van der Waals surface area contributed by atoms with Crippen LogP contribution in [0.4, 0.5) is 33.8 Å². The van der Waals surface area contributed by atoms with Gasteiger partial charge in [-0.25, -0.2) is 8.78 Å². The lowest BCUT2D eigenvalue weighted by molar-refractivity contribution is -0.115. The van der Waals surface area contributed by atoms with E-state index < -0.39 is 24.7 Å². The Balaban J connectivity index is 1.98. The number of alkyl halides is 5. The highest BCUT2D eigenvalue weighted by molar-refractivity contribution is 6.28. The van der Waals surface area contributed by atoms with Crippen molar-refractivity contribution in [2.45, 2.75) is 31.0 Å². The van der Waals surface area contributed by atoms with Crippen LogP contribution < -0.4 is 10.6 Å². The average molecular weight is 318 g/mol. The fourth-order valence-electron chi connectivity index (χ4n) is 1.62. The fourth-order valence-corrected chi connectivity index (χ4v) is 1.78. The van der Waals surface area contributed by atoms with Crippen LogP contribution in [-0.2, 0) is 0 Å². The Bertz CT molecular complexity index is 486. The molecule has 0 spiro atoms. The van der Waals surface area contributed by atoms with Gasteiger partial charge in [0, 0.05) is 18.9 Å². The van der Waals surface area contributed by atoms with Crippen molar-refractivity contribution in [1.29, 1.82) is 0 Å². The number of nitrogens with one attached hydrogen (secondary N) is 2.